The normalized spacial score (nSPS) is 13.4. The molecule has 2 aromatic rings. The molecule has 0 amide bonds. The molecule has 108 valence electrons. The molecule has 0 aliphatic carbocycles. The maximum absolute atomic E-state index is 13.6. The van der Waals surface area contributed by atoms with E-state index in [-0.39, 0.29) is 17.8 Å². The third-order valence-electron chi connectivity index (χ3n) is 3.60. The Morgan fingerprint density at radius 2 is 2.00 bits per heavy atom. The van der Waals surface area contributed by atoms with Gasteiger partial charge in [-0.15, -0.1) is 0 Å². The lowest BCUT2D eigenvalue weighted by molar-refractivity contribution is 0.0991. The molecular weight excluding hydrogens is 274 g/mol. The number of Topliss-reactive ketones (excluding diaryl/α,β-unsaturated/α-hetero) is 1. The highest BCUT2D eigenvalue weighted by atomic mass is 19.1. The molecule has 2 nitrogen and oxygen atoms in total. The molecule has 21 heavy (non-hydrogen) atoms. The summed E-state index contributed by atoms with van der Waals surface area (Å²) in [4.78, 5) is 12.2. The van der Waals surface area contributed by atoms with Gasteiger partial charge in [-0.1, -0.05) is 6.07 Å². The highest BCUT2D eigenvalue weighted by molar-refractivity contribution is 5.97. The number of fused-ring (bicyclic) bond motifs is 1. The summed E-state index contributed by atoms with van der Waals surface area (Å²) in [6, 6.07) is 8.54. The third-order valence-corrected chi connectivity index (χ3v) is 3.60. The highest BCUT2D eigenvalue weighted by Crippen LogP contribution is 2.26. The molecule has 0 atom stereocenters. The average Bonchev–Trinajstić information content (AvgIpc) is 2.49. The minimum atomic E-state index is -0.690. The number of benzene rings is 2. The van der Waals surface area contributed by atoms with Gasteiger partial charge in [-0.3, -0.25) is 4.79 Å². The molecule has 0 spiro atoms. The van der Waals surface area contributed by atoms with Crippen molar-refractivity contribution in [1.29, 1.82) is 0 Å². The fourth-order valence-electron chi connectivity index (χ4n) is 2.47. The monoisotopic (exact) mass is 288 g/mol. The van der Waals surface area contributed by atoms with Crippen LogP contribution >= 0.6 is 0 Å². The number of carbonyl (C=O) groups is 1. The topological polar surface area (TPSA) is 26.3 Å². The highest BCUT2D eigenvalue weighted by Gasteiger charge is 2.15. The van der Waals surface area contributed by atoms with Crippen LogP contribution in [-0.2, 0) is 12.8 Å². The fraction of sp³-hybridized carbons (Fsp3) is 0.235. The van der Waals surface area contributed by atoms with Crippen LogP contribution in [0.2, 0.25) is 0 Å². The molecule has 2 aromatic carbocycles. The van der Waals surface area contributed by atoms with Crippen LogP contribution in [0.5, 0.6) is 5.75 Å². The zero-order valence-corrected chi connectivity index (χ0v) is 11.4. The second-order valence-corrected chi connectivity index (χ2v) is 5.11. The number of ketones is 1. The Bertz CT molecular complexity index is 695. The van der Waals surface area contributed by atoms with E-state index < -0.39 is 11.6 Å². The molecule has 0 radical (unpaired) electrons. The first kappa shape index (κ1) is 13.7. The zero-order chi connectivity index (χ0) is 14.8. The van der Waals surface area contributed by atoms with Crippen LogP contribution in [0.3, 0.4) is 0 Å². The quantitative estimate of drug-likeness (QED) is 0.805. The van der Waals surface area contributed by atoms with E-state index in [1.807, 2.05) is 0 Å². The van der Waals surface area contributed by atoms with Crippen LogP contribution in [0.1, 0.15) is 27.9 Å². The van der Waals surface area contributed by atoms with Crippen molar-refractivity contribution in [2.24, 2.45) is 0 Å². The van der Waals surface area contributed by atoms with Gasteiger partial charge in [0.1, 0.15) is 17.4 Å². The van der Waals surface area contributed by atoms with Crippen LogP contribution in [-0.4, -0.2) is 12.4 Å². The maximum atomic E-state index is 13.6. The molecular formula is C17H14F2O2. The van der Waals surface area contributed by atoms with Crippen LogP contribution < -0.4 is 4.74 Å². The molecule has 3 rings (SSSR count). The number of hydrogen-bond acceptors (Lipinski definition) is 2. The van der Waals surface area contributed by atoms with E-state index >= 15 is 0 Å². The number of aryl methyl sites for hydroxylation is 1. The lowest BCUT2D eigenvalue weighted by Gasteiger charge is -2.17. The SMILES string of the molecule is O=C(Cc1ccc(F)cc1F)c1ccc2c(c1)CCCO2. The van der Waals surface area contributed by atoms with E-state index in [4.69, 9.17) is 4.74 Å². The number of rotatable bonds is 3. The van der Waals surface area contributed by atoms with Crippen LogP contribution in [0.25, 0.3) is 0 Å². The molecule has 0 N–H and O–H groups in total. The van der Waals surface area contributed by atoms with Gasteiger partial charge in [0.2, 0.25) is 0 Å². The van der Waals surface area contributed by atoms with Gasteiger partial charge in [0.15, 0.2) is 5.78 Å². The predicted octanol–water partition coefficient (Wildman–Crippen LogP) is 3.72. The molecule has 1 aliphatic rings. The summed E-state index contributed by atoms with van der Waals surface area (Å²) in [5, 5.41) is 0. The van der Waals surface area contributed by atoms with Crippen molar-refractivity contribution < 1.29 is 18.3 Å². The van der Waals surface area contributed by atoms with Crippen molar-refractivity contribution in [3.05, 3.63) is 64.7 Å². The van der Waals surface area contributed by atoms with E-state index in [0.29, 0.717) is 12.2 Å². The summed E-state index contributed by atoms with van der Waals surface area (Å²) >= 11 is 0. The molecule has 1 aliphatic heterocycles. The Kier molecular flexibility index (Phi) is 3.69. The van der Waals surface area contributed by atoms with Gasteiger partial charge < -0.3 is 4.74 Å². The first-order chi connectivity index (χ1) is 10.1. The number of carbonyl (C=O) groups excluding carboxylic acids is 1. The van der Waals surface area contributed by atoms with Gasteiger partial charge in [0, 0.05) is 18.1 Å². The zero-order valence-electron chi connectivity index (χ0n) is 11.4. The number of ether oxygens (including phenoxy) is 1. The summed E-state index contributed by atoms with van der Waals surface area (Å²) in [7, 11) is 0. The Balaban J connectivity index is 1.82. The summed E-state index contributed by atoms with van der Waals surface area (Å²) in [6.45, 7) is 0.696. The van der Waals surface area contributed by atoms with Crippen molar-refractivity contribution in [2.75, 3.05) is 6.61 Å². The molecule has 1 heterocycles. The van der Waals surface area contributed by atoms with E-state index in [9.17, 15) is 13.6 Å². The largest absolute Gasteiger partial charge is 0.493 e. The van der Waals surface area contributed by atoms with Crippen molar-refractivity contribution in [2.45, 2.75) is 19.3 Å². The minimum absolute atomic E-state index is 0.0776. The summed E-state index contributed by atoms with van der Waals surface area (Å²) in [6.07, 6.45) is 1.73. The summed E-state index contributed by atoms with van der Waals surface area (Å²) < 4.78 is 31.9. The smallest absolute Gasteiger partial charge is 0.167 e. The summed E-state index contributed by atoms with van der Waals surface area (Å²) in [5.74, 6) is -0.709. The van der Waals surface area contributed by atoms with Gasteiger partial charge in [0.05, 0.1) is 6.61 Å². The Hall–Kier alpha value is -2.23. The lowest BCUT2D eigenvalue weighted by Crippen LogP contribution is -2.11. The first-order valence-electron chi connectivity index (χ1n) is 6.86. The minimum Gasteiger partial charge on any atom is -0.493 e. The van der Waals surface area contributed by atoms with Gasteiger partial charge in [-0.25, -0.2) is 8.78 Å². The molecule has 0 saturated carbocycles. The van der Waals surface area contributed by atoms with Crippen LogP contribution in [0.15, 0.2) is 36.4 Å². The Labute approximate surface area is 121 Å². The van der Waals surface area contributed by atoms with Gasteiger partial charge >= 0.3 is 0 Å². The number of hydrogen-bond donors (Lipinski definition) is 0. The molecule has 4 heteroatoms. The van der Waals surface area contributed by atoms with Crippen molar-refractivity contribution in [1.82, 2.24) is 0 Å². The van der Waals surface area contributed by atoms with E-state index in [1.165, 1.54) is 6.07 Å². The fourth-order valence-corrected chi connectivity index (χ4v) is 2.47. The van der Waals surface area contributed by atoms with Crippen molar-refractivity contribution >= 4 is 5.78 Å². The second-order valence-electron chi connectivity index (χ2n) is 5.11. The molecule has 0 saturated heterocycles. The van der Waals surface area contributed by atoms with Gasteiger partial charge in [-0.2, -0.15) is 0 Å². The van der Waals surface area contributed by atoms with Gasteiger partial charge in [0.25, 0.3) is 0 Å². The average molecular weight is 288 g/mol. The lowest BCUT2D eigenvalue weighted by atomic mass is 9.98. The van der Waals surface area contributed by atoms with Gasteiger partial charge in [-0.05, 0) is 48.2 Å². The molecule has 0 bridgehead atoms. The van der Waals surface area contributed by atoms with E-state index in [1.54, 1.807) is 18.2 Å². The molecule has 0 aromatic heterocycles. The number of halogens is 2. The Morgan fingerprint density at radius 3 is 2.81 bits per heavy atom. The molecule has 0 unspecified atom stereocenters. The van der Waals surface area contributed by atoms with Crippen LogP contribution in [0.4, 0.5) is 8.78 Å². The van der Waals surface area contributed by atoms with E-state index in [0.717, 1.165) is 36.3 Å². The third kappa shape index (κ3) is 2.94. The van der Waals surface area contributed by atoms with Crippen molar-refractivity contribution in [3.8, 4) is 5.75 Å². The second kappa shape index (κ2) is 5.64. The standard InChI is InChI=1S/C17H14F2O2/c18-14-5-3-11(15(19)10-14)9-16(20)12-4-6-17-13(8-12)2-1-7-21-17/h3-6,8,10H,1-2,7,9H2. The maximum Gasteiger partial charge on any atom is 0.167 e. The summed E-state index contributed by atoms with van der Waals surface area (Å²) in [5.41, 5.74) is 1.74. The molecule has 0 fully saturated rings. The van der Waals surface area contributed by atoms with E-state index in [2.05, 4.69) is 0 Å². The predicted molar refractivity (Wildman–Crippen MR) is 74.7 cm³/mol. The Morgan fingerprint density at radius 1 is 1.14 bits per heavy atom. The van der Waals surface area contributed by atoms with Crippen molar-refractivity contribution in [3.63, 3.8) is 0 Å². The first-order valence-corrected chi connectivity index (χ1v) is 6.86. The van der Waals surface area contributed by atoms with Crippen LogP contribution in [0, 0.1) is 11.6 Å².